The van der Waals surface area contributed by atoms with Crippen LogP contribution < -0.4 is 5.56 Å². The van der Waals surface area contributed by atoms with E-state index in [9.17, 15) is 9.90 Å². The molecule has 1 aliphatic rings. The van der Waals surface area contributed by atoms with Crippen molar-refractivity contribution in [3.8, 4) is 0 Å². The number of aromatic amines is 1. The molecule has 2 atom stereocenters. The summed E-state index contributed by atoms with van der Waals surface area (Å²) in [6.07, 6.45) is 4.04. The highest BCUT2D eigenvalue weighted by Crippen LogP contribution is 2.25. The minimum Gasteiger partial charge on any atom is -0.393 e. The van der Waals surface area contributed by atoms with Gasteiger partial charge in [-0.2, -0.15) is 0 Å². The lowest BCUT2D eigenvalue weighted by Gasteiger charge is -2.31. The maximum atomic E-state index is 12.2. The van der Waals surface area contributed by atoms with Crippen molar-refractivity contribution in [3.05, 3.63) is 39.4 Å². The van der Waals surface area contributed by atoms with Crippen LogP contribution in [-0.4, -0.2) is 39.7 Å². The second kappa shape index (κ2) is 6.99. The van der Waals surface area contributed by atoms with E-state index in [0.717, 1.165) is 25.8 Å². The zero-order chi connectivity index (χ0) is 16.4. The summed E-state index contributed by atoms with van der Waals surface area (Å²) < 4.78 is 0. The molecule has 3 rings (SSSR count). The normalized spacial score (nSPS) is 21.9. The quantitative estimate of drug-likeness (QED) is 0.901. The number of nitrogens with zero attached hydrogens (tertiary/aromatic N) is 2. The first kappa shape index (κ1) is 16.4. The van der Waals surface area contributed by atoms with Gasteiger partial charge in [-0.1, -0.05) is 24.4 Å². The molecule has 6 heteroatoms. The lowest BCUT2D eigenvalue weighted by Crippen LogP contribution is -2.35. The molecular weight excluding hydrogens is 314 g/mol. The smallest absolute Gasteiger partial charge is 0.258 e. The maximum absolute atomic E-state index is 12.2. The Morgan fingerprint density at radius 2 is 2.17 bits per heavy atom. The summed E-state index contributed by atoms with van der Waals surface area (Å²) in [6.45, 7) is 1.36. The van der Waals surface area contributed by atoms with Gasteiger partial charge in [-0.15, -0.1) is 0 Å². The second-order valence-electron chi connectivity index (χ2n) is 6.48. The van der Waals surface area contributed by atoms with Gasteiger partial charge in [0.15, 0.2) is 0 Å². The van der Waals surface area contributed by atoms with Crippen molar-refractivity contribution >= 4 is 22.5 Å². The Morgan fingerprint density at radius 1 is 1.39 bits per heavy atom. The van der Waals surface area contributed by atoms with E-state index >= 15 is 0 Å². The van der Waals surface area contributed by atoms with Gasteiger partial charge in [0.1, 0.15) is 5.82 Å². The van der Waals surface area contributed by atoms with Crippen LogP contribution >= 0.6 is 11.6 Å². The summed E-state index contributed by atoms with van der Waals surface area (Å²) >= 11 is 5.92. The Balaban J connectivity index is 1.73. The SMILES string of the molecule is CN(Cc1nc2ccc(Cl)cc2c(=O)[nH]1)CC1CCCCC1O. The minimum absolute atomic E-state index is 0.168. The van der Waals surface area contributed by atoms with Gasteiger partial charge in [0.2, 0.25) is 0 Å². The van der Waals surface area contributed by atoms with Crippen LogP contribution in [0.2, 0.25) is 5.02 Å². The molecule has 1 saturated carbocycles. The number of hydrogen-bond donors (Lipinski definition) is 2. The molecule has 0 saturated heterocycles. The van der Waals surface area contributed by atoms with Gasteiger partial charge < -0.3 is 10.1 Å². The van der Waals surface area contributed by atoms with Crippen LogP contribution in [0.25, 0.3) is 10.9 Å². The Morgan fingerprint density at radius 3 is 2.96 bits per heavy atom. The average molecular weight is 336 g/mol. The predicted octanol–water partition coefficient (Wildman–Crippen LogP) is 2.56. The van der Waals surface area contributed by atoms with Crippen LogP contribution in [0.15, 0.2) is 23.0 Å². The third-order valence-corrected chi connectivity index (χ3v) is 4.79. The molecule has 2 unspecified atom stereocenters. The van der Waals surface area contributed by atoms with Crippen LogP contribution in [0.5, 0.6) is 0 Å². The Kier molecular flexibility index (Phi) is 4.99. The minimum atomic E-state index is -0.211. The van der Waals surface area contributed by atoms with Gasteiger partial charge in [0.25, 0.3) is 5.56 Å². The lowest BCUT2D eigenvalue weighted by molar-refractivity contribution is 0.0497. The average Bonchev–Trinajstić information content (AvgIpc) is 2.50. The first-order valence-corrected chi connectivity index (χ1v) is 8.46. The van der Waals surface area contributed by atoms with Gasteiger partial charge >= 0.3 is 0 Å². The van der Waals surface area contributed by atoms with E-state index in [-0.39, 0.29) is 11.7 Å². The molecule has 5 nitrogen and oxygen atoms in total. The van der Waals surface area contributed by atoms with Crippen LogP contribution in [0.4, 0.5) is 0 Å². The third-order valence-electron chi connectivity index (χ3n) is 4.55. The van der Waals surface area contributed by atoms with Crippen molar-refractivity contribution in [1.82, 2.24) is 14.9 Å². The highest BCUT2D eigenvalue weighted by Gasteiger charge is 2.24. The molecule has 2 aromatic rings. The summed E-state index contributed by atoms with van der Waals surface area (Å²) in [5, 5.41) is 11.1. The Bertz CT molecular complexity index is 746. The molecule has 0 aliphatic heterocycles. The monoisotopic (exact) mass is 335 g/mol. The van der Waals surface area contributed by atoms with E-state index in [4.69, 9.17) is 11.6 Å². The van der Waals surface area contributed by atoms with Crippen molar-refractivity contribution in [2.24, 2.45) is 5.92 Å². The summed E-state index contributed by atoms with van der Waals surface area (Å²) in [5.74, 6) is 0.942. The largest absolute Gasteiger partial charge is 0.393 e. The first-order valence-electron chi connectivity index (χ1n) is 8.08. The molecule has 1 aromatic heterocycles. The Hall–Kier alpha value is -1.43. The van der Waals surface area contributed by atoms with E-state index in [1.807, 2.05) is 7.05 Å². The van der Waals surface area contributed by atoms with Crippen LogP contribution in [0.1, 0.15) is 31.5 Å². The molecule has 23 heavy (non-hydrogen) atoms. The highest BCUT2D eigenvalue weighted by atomic mass is 35.5. The highest BCUT2D eigenvalue weighted by molar-refractivity contribution is 6.31. The van der Waals surface area contributed by atoms with E-state index < -0.39 is 0 Å². The van der Waals surface area contributed by atoms with Crippen LogP contribution in [0, 0.1) is 5.92 Å². The van der Waals surface area contributed by atoms with Gasteiger partial charge in [0.05, 0.1) is 23.6 Å². The summed E-state index contributed by atoms with van der Waals surface area (Å²) in [7, 11) is 1.99. The van der Waals surface area contributed by atoms with E-state index in [1.54, 1.807) is 18.2 Å². The van der Waals surface area contributed by atoms with Crippen molar-refractivity contribution in [1.29, 1.82) is 0 Å². The van der Waals surface area contributed by atoms with Crippen LogP contribution in [-0.2, 0) is 6.54 Å². The number of hydrogen-bond acceptors (Lipinski definition) is 4. The fourth-order valence-electron chi connectivity index (χ4n) is 3.36. The van der Waals surface area contributed by atoms with Gasteiger partial charge in [0, 0.05) is 11.6 Å². The zero-order valence-electron chi connectivity index (χ0n) is 13.3. The number of aromatic nitrogens is 2. The molecule has 0 radical (unpaired) electrons. The van der Waals surface area contributed by atoms with Gasteiger partial charge in [-0.05, 0) is 44.0 Å². The van der Waals surface area contributed by atoms with Crippen molar-refractivity contribution < 1.29 is 5.11 Å². The molecule has 0 amide bonds. The van der Waals surface area contributed by atoms with Crippen molar-refractivity contribution in [2.45, 2.75) is 38.3 Å². The number of H-pyrrole nitrogens is 1. The maximum Gasteiger partial charge on any atom is 0.258 e. The van der Waals surface area contributed by atoms with Gasteiger partial charge in [-0.25, -0.2) is 4.98 Å². The fraction of sp³-hybridized carbons (Fsp3) is 0.529. The molecule has 1 fully saturated rings. The molecular formula is C17H22ClN3O2. The molecule has 124 valence electrons. The van der Waals surface area contributed by atoms with Crippen molar-refractivity contribution in [3.63, 3.8) is 0 Å². The number of aliphatic hydroxyl groups excluding tert-OH is 1. The number of fused-ring (bicyclic) bond motifs is 1. The molecule has 0 bridgehead atoms. The summed E-state index contributed by atoms with van der Waals surface area (Å²) in [6, 6.07) is 5.14. The number of nitrogens with one attached hydrogen (secondary N) is 1. The summed E-state index contributed by atoms with van der Waals surface area (Å²) in [5.41, 5.74) is 0.484. The van der Waals surface area contributed by atoms with Gasteiger partial charge in [-0.3, -0.25) is 9.69 Å². The standard InChI is InChI=1S/C17H22ClN3O2/c1-21(9-11-4-2-3-5-15(11)22)10-16-19-14-7-6-12(18)8-13(14)17(23)20-16/h6-8,11,15,22H,2-5,9-10H2,1H3,(H,19,20,23). The Labute approximate surface area is 140 Å². The molecule has 1 aliphatic carbocycles. The van der Waals surface area contributed by atoms with E-state index in [0.29, 0.717) is 34.2 Å². The number of benzene rings is 1. The molecule has 2 N–H and O–H groups in total. The van der Waals surface area contributed by atoms with E-state index in [1.165, 1.54) is 6.42 Å². The topological polar surface area (TPSA) is 69.2 Å². The molecule has 1 heterocycles. The number of halogens is 1. The zero-order valence-corrected chi connectivity index (χ0v) is 14.0. The van der Waals surface area contributed by atoms with E-state index in [2.05, 4.69) is 14.9 Å². The second-order valence-corrected chi connectivity index (χ2v) is 6.92. The van der Waals surface area contributed by atoms with Crippen molar-refractivity contribution in [2.75, 3.05) is 13.6 Å². The number of aliphatic hydroxyl groups is 1. The number of rotatable bonds is 4. The fourth-order valence-corrected chi connectivity index (χ4v) is 3.53. The lowest BCUT2D eigenvalue weighted by atomic mass is 9.86. The summed E-state index contributed by atoms with van der Waals surface area (Å²) in [4.78, 5) is 21.6. The van der Waals surface area contributed by atoms with Crippen LogP contribution in [0.3, 0.4) is 0 Å². The third kappa shape index (κ3) is 3.91. The first-order chi connectivity index (χ1) is 11.0. The molecule has 0 spiro atoms. The molecule has 1 aromatic carbocycles. The predicted molar refractivity (Wildman–Crippen MR) is 91.7 cm³/mol.